The number of nitrogens with zero attached hydrogens (tertiary/aromatic N) is 3. The van der Waals surface area contributed by atoms with Crippen LogP contribution in [0.5, 0.6) is 0 Å². The van der Waals surface area contributed by atoms with Crippen LogP contribution in [0, 0.1) is 5.82 Å². The van der Waals surface area contributed by atoms with Crippen molar-refractivity contribution in [2.45, 2.75) is 18.9 Å². The molecule has 7 heteroatoms. The summed E-state index contributed by atoms with van der Waals surface area (Å²) in [5.41, 5.74) is 5.24. The molecule has 1 atom stereocenters. The van der Waals surface area contributed by atoms with Crippen LogP contribution in [0.1, 0.15) is 30.1 Å². The quantitative estimate of drug-likeness (QED) is 0.497. The van der Waals surface area contributed by atoms with Crippen molar-refractivity contribution in [1.29, 1.82) is 0 Å². The molecule has 2 aromatic carbocycles. The van der Waals surface area contributed by atoms with E-state index in [9.17, 15) is 14.0 Å². The molecule has 2 aromatic heterocycles. The van der Waals surface area contributed by atoms with E-state index in [1.165, 1.54) is 19.2 Å². The molecule has 170 valence electrons. The van der Waals surface area contributed by atoms with Gasteiger partial charge in [-0.25, -0.2) is 9.18 Å². The summed E-state index contributed by atoms with van der Waals surface area (Å²) in [6.07, 6.45) is 5.85. The fourth-order valence-corrected chi connectivity index (χ4v) is 5.25. The Morgan fingerprint density at radius 3 is 2.44 bits per heavy atom. The first-order chi connectivity index (χ1) is 16.5. The number of hydrogen-bond donors (Lipinski definition) is 1. The zero-order valence-electron chi connectivity index (χ0n) is 18.9. The van der Waals surface area contributed by atoms with Gasteiger partial charge < -0.3 is 9.88 Å². The van der Waals surface area contributed by atoms with Crippen molar-refractivity contribution in [2.24, 2.45) is 14.1 Å². The number of aromatic nitrogens is 3. The van der Waals surface area contributed by atoms with Crippen LogP contribution in [-0.2, 0) is 14.1 Å². The summed E-state index contributed by atoms with van der Waals surface area (Å²) >= 11 is 0. The molecule has 1 unspecified atom stereocenters. The Morgan fingerprint density at radius 1 is 0.971 bits per heavy atom. The summed E-state index contributed by atoms with van der Waals surface area (Å²) in [5.74, 6) is -0.316. The van der Waals surface area contributed by atoms with Crippen molar-refractivity contribution in [3.8, 4) is 11.3 Å². The van der Waals surface area contributed by atoms with Crippen LogP contribution in [0.2, 0.25) is 0 Å². The molecule has 1 aliphatic carbocycles. The molecule has 6 nitrogen and oxygen atoms in total. The number of fused-ring (bicyclic) bond motifs is 4. The summed E-state index contributed by atoms with van der Waals surface area (Å²) in [4.78, 5) is 26.6. The Morgan fingerprint density at radius 2 is 1.71 bits per heavy atom. The zero-order chi connectivity index (χ0) is 23.6. The second-order valence-corrected chi connectivity index (χ2v) is 8.79. The molecule has 0 saturated heterocycles. The van der Waals surface area contributed by atoms with Gasteiger partial charge in [-0.2, -0.15) is 0 Å². The van der Waals surface area contributed by atoms with E-state index in [0.717, 1.165) is 51.3 Å². The molecule has 0 amide bonds. The van der Waals surface area contributed by atoms with Gasteiger partial charge in [-0.1, -0.05) is 48.5 Å². The molecule has 2 aliphatic rings. The summed E-state index contributed by atoms with van der Waals surface area (Å²) in [5, 5.41) is 4.11. The molecule has 1 aliphatic heterocycles. The lowest BCUT2D eigenvalue weighted by Gasteiger charge is -2.33. The molecule has 0 saturated carbocycles. The number of hydrogen-bond acceptors (Lipinski definition) is 3. The van der Waals surface area contributed by atoms with Crippen molar-refractivity contribution in [3.05, 3.63) is 110 Å². The maximum atomic E-state index is 13.8. The average Bonchev–Trinajstić information content (AvgIpc) is 3.23. The van der Waals surface area contributed by atoms with Gasteiger partial charge in [0.1, 0.15) is 5.82 Å². The minimum absolute atomic E-state index is 0.316. The van der Waals surface area contributed by atoms with Gasteiger partial charge in [-0.3, -0.25) is 13.9 Å². The minimum Gasteiger partial charge on any atom is -0.371 e. The molecular formula is C27H23FN4O2. The van der Waals surface area contributed by atoms with E-state index in [-0.39, 0.29) is 23.1 Å². The van der Waals surface area contributed by atoms with Crippen molar-refractivity contribution in [2.75, 3.05) is 0 Å². The zero-order valence-corrected chi connectivity index (χ0v) is 18.9. The normalized spacial score (nSPS) is 17.0. The predicted molar refractivity (Wildman–Crippen MR) is 131 cm³/mol. The van der Waals surface area contributed by atoms with Crippen LogP contribution in [0.4, 0.5) is 4.39 Å². The van der Waals surface area contributed by atoms with E-state index >= 15 is 0 Å². The van der Waals surface area contributed by atoms with Crippen molar-refractivity contribution in [3.63, 3.8) is 0 Å². The molecule has 3 heterocycles. The third-order valence-electron chi connectivity index (χ3n) is 6.85. The SMILES string of the molecule is Cn1c(=O)c2c(-c3ccccc3)n3c(c2n(C)c1=O)C(c1ccc(F)cc1)NC1=C3CCC=C1. The first-order valence-electron chi connectivity index (χ1n) is 11.3. The average molecular weight is 455 g/mol. The van der Waals surface area contributed by atoms with Crippen LogP contribution < -0.4 is 16.6 Å². The lowest BCUT2D eigenvalue weighted by atomic mass is 9.97. The third kappa shape index (κ3) is 2.79. The highest BCUT2D eigenvalue weighted by Gasteiger charge is 2.35. The second-order valence-electron chi connectivity index (χ2n) is 8.79. The van der Waals surface area contributed by atoms with Crippen LogP contribution >= 0.6 is 0 Å². The van der Waals surface area contributed by atoms with E-state index < -0.39 is 0 Å². The third-order valence-corrected chi connectivity index (χ3v) is 6.85. The number of nitrogens with one attached hydrogen (secondary N) is 1. The summed E-state index contributed by atoms with van der Waals surface area (Å²) < 4.78 is 18.6. The molecule has 0 bridgehead atoms. The molecule has 34 heavy (non-hydrogen) atoms. The molecule has 0 fully saturated rings. The maximum absolute atomic E-state index is 13.8. The maximum Gasteiger partial charge on any atom is 0.331 e. The first kappa shape index (κ1) is 20.5. The highest BCUT2D eigenvalue weighted by atomic mass is 19.1. The van der Waals surface area contributed by atoms with Gasteiger partial charge in [-0.15, -0.1) is 0 Å². The summed E-state index contributed by atoms with van der Waals surface area (Å²) in [6, 6.07) is 15.8. The Hall–Kier alpha value is -4.13. The van der Waals surface area contributed by atoms with Gasteiger partial charge in [0, 0.05) is 19.8 Å². The van der Waals surface area contributed by atoms with Gasteiger partial charge in [0.15, 0.2) is 0 Å². The second kappa shape index (κ2) is 7.45. The van der Waals surface area contributed by atoms with E-state index in [1.807, 2.05) is 30.3 Å². The van der Waals surface area contributed by atoms with Gasteiger partial charge in [0.25, 0.3) is 5.56 Å². The fraction of sp³-hybridized carbons (Fsp3) is 0.185. The molecular weight excluding hydrogens is 431 g/mol. The van der Waals surface area contributed by atoms with Crippen molar-refractivity contribution in [1.82, 2.24) is 19.0 Å². The summed E-state index contributed by atoms with van der Waals surface area (Å²) in [6.45, 7) is 0. The van der Waals surface area contributed by atoms with Crippen LogP contribution in [0.25, 0.3) is 27.9 Å². The Bertz CT molecular complexity index is 1640. The van der Waals surface area contributed by atoms with Crippen LogP contribution in [0.3, 0.4) is 0 Å². The standard InChI is InChI=1S/C27H23FN4O2/c1-30-24-21(26(33)31(2)27(30)34)23(17-8-4-3-5-9-17)32-20-11-7-6-10-19(20)29-22(25(24)32)16-12-14-18(28)15-13-16/h3-6,8-10,12-15,22,29H,7,11H2,1-2H3. The highest BCUT2D eigenvalue weighted by Crippen LogP contribution is 2.44. The van der Waals surface area contributed by atoms with E-state index in [4.69, 9.17) is 0 Å². The van der Waals surface area contributed by atoms with Crippen LogP contribution in [0.15, 0.2) is 82.0 Å². The largest absolute Gasteiger partial charge is 0.371 e. The monoisotopic (exact) mass is 454 g/mol. The molecule has 0 spiro atoms. The van der Waals surface area contributed by atoms with E-state index in [1.54, 1.807) is 23.7 Å². The molecule has 6 rings (SSSR count). The molecule has 1 N–H and O–H groups in total. The topological polar surface area (TPSA) is 61.0 Å². The predicted octanol–water partition coefficient (Wildman–Crippen LogP) is 4.06. The number of rotatable bonds is 2. The Labute approximate surface area is 194 Å². The lowest BCUT2D eigenvalue weighted by molar-refractivity contribution is 0.612. The molecule has 0 radical (unpaired) electrons. The van der Waals surface area contributed by atoms with Crippen molar-refractivity contribution >= 4 is 16.6 Å². The van der Waals surface area contributed by atoms with E-state index in [2.05, 4.69) is 22.0 Å². The first-order valence-corrected chi connectivity index (χ1v) is 11.3. The minimum atomic E-state index is -0.383. The number of aryl methyl sites for hydroxylation is 1. The smallest absolute Gasteiger partial charge is 0.331 e. The van der Waals surface area contributed by atoms with Gasteiger partial charge >= 0.3 is 5.69 Å². The summed E-state index contributed by atoms with van der Waals surface area (Å²) in [7, 11) is 3.21. The van der Waals surface area contributed by atoms with Gasteiger partial charge in [-0.05, 0) is 42.2 Å². The van der Waals surface area contributed by atoms with Crippen molar-refractivity contribution < 1.29 is 4.39 Å². The van der Waals surface area contributed by atoms with E-state index in [0.29, 0.717) is 10.9 Å². The van der Waals surface area contributed by atoms with Gasteiger partial charge in [0.2, 0.25) is 0 Å². The fourth-order valence-electron chi connectivity index (χ4n) is 5.25. The molecule has 4 aromatic rings. The Kier molecular flexibility index (Phi) is 4.49. The number of benzene rings is 2. The van der Waals surface area contributed by atoms with Crippen LogP contribution in [-0.4, -0.2) is 13.7 Å². The van der Waals surface area contributed by atoms with Gasteiger partial charge in [0.05, 0.1) is 34.0 Å². The Balaban J connectivity index is 1.84. The highest BCUT2D eigenvalue weighted by molar-refractivity contribution is 5.99. The lowest BCUT2D eigenvalue weighted by Crippen LogP contribution is -2.37. The number of halogens is 1. The number of allylic oxidation sites excluding steroid dienone is 3.